The summed E-state index contributed by atoms with van der Waals surface area (Å²) >= 11 is 0. The fraction of sp³-hybridized carbons (Fsp3) is 0.632. The second-order valence-electron chi connectivity index (χ2n) is 7.06. The molecule has 3 rings (SSSR count). The Morgan fingerprint density at radius 2 is 1.79 bits per heavy atom. The minimum atomic E-state index is -0.232. The standard InChI is InChI=1S/C19H27FN2O2/c20-16-8-6-15(7-9-16)19(10-12-24-13-11-19)14-21-18(23)22-17-4-2-1-3-5-17/h6-9,17H,1-5,10-14H2,(H2,21,22,23). The van der Waals surface area contributed by atoms with Gasteiger partial charge in [0.15, 0.2) is 0 Å². The molecule has 0 spiro atoms. The highest BCUT2D eigenvalue weighted by Gasteiger charge is 2.35. The van der Waals surface area contributed by atoms with E-state index in [1.54, 1.807) is 0 Å². The van der Waals surface area contributed by atoms with Gasteiger partial charge in [0.25, 0.3) is 0 Å². The van der Waals surface area contributed by atoms with Crippen LogP contribution in [0.25, 0.3) is 0 Å². The molecule has 0 aromatic heterocycles. The van der Waals surface area contributed by atoms with Gasteiger partial charge in [-0.1, -0.05) is 31.4 Å². The van der Waals surface area contributed by atoms with E-state index in [2.05, 4.69) is 10.6 Å². The Bertz CT molecular complexity index is 535. The Kier molecular flexibility index (Phi) is 5.72. The van der Waals surface area contributed by atoms with Gasteiger partial charge in [-0.15, -0.1) is 0 Å². The van der Waals surface area contributed by atoms with E-state index in [-0.39, 0.29) is 17.3 Å². The highest BCUT2D eigenvalue weighted by atomic mass is 19.1. The maximum Gasteiger partial charge on any atom is 0.315 e. The molecule has 1 aromatic rings. The molecule has 1 saturated heterocycles. The molecule has 1 aliphatic heterocycles. The second-order valence-corrected chi connectivity index (χ2v) is 7.06. The van der Waals surface area contributed by atoms with Crippen LogP contribution in [-0.2, 0) is 10.2 Å². The number of urea groups is 1. The lowest BCUT2D eigenvalue weighted by Gasteiger charge is -2.38. The SMILES string of the molecule is O=C(NCC1(c2ccc(F)cc2)CCOCC1)NC1CCCCC1. The fourth-order valence-electron chi connectivity index (χ4n) is 3.87. The summed E-state index contributed by atoms with van der Waals surface area (Å²) in [5, 5.41) is 6.15. The Morgan fingerprint density at radius 1 is 1.12 bits per heavy atom. The number of rotatable bonds is 4. The molecule has 0 bridgehead atoms. The number of nitrogens with one attached hydrogen (secondary N) is 2. The number of amides is 2. The van der Waals surface area contributed by atoms with E-state index >= 15 is 0 Å². The van der Waals surface area contributed by atoms with Crippen LogP contribution in [0.2, 0.25) is 0 Å². The van der Waals surface area contributed by atoms with Crippen molar-refractivity contribution in [2.75, 3.05) is 19.8 Å². The van der Waals surface area contributed by atoms with Crippen LogP contribution in [0.15, 0.2) is 24.3 Å². The summed E-state index contributed by atoms with van der Waals surface area (Å²) in [6.45, 7) is 1.90. The first-order chi connectivity index (χ1) is 11.7. The van der Waals surface area contributed by atoms with Crippen molar-refractivity contribution < 1.29 is 13.9 Å². The van der Waals surface area contributed by atoms with E-state index in [4.69, 9.17) is 4.74 Å². The van der Waals surface area contributed by atoms with Crippen LogP contribution in [0, 0.1) is 5.82 Å². The van der Waals surface area contributed by atoms with Crippen molar-refractivity contribution in [1.82, 2.24) is 10.6 Å². The van der Waals surface area contributed by atoms with E-state index in [0.717, 1.165) is 31.2 Å². The average Bonchev–Trinajstić information content (AvgIpc) is 2.62. The molecule has 2 amide bonds. The molecule has 5 heteroatoms. The maximum absolute atomic E-state index is 13.2. The summed E-state index contributed by atoms with van der Waals surface area (Å²) in [7, 11) is 0. The van der Waals surface area contributed by atoms with Gasteiger partial charge in [-0.3, -0.25) is 0 Å². The van der Waals surface area contributed by atoms with Crippen molar-refractivity contribution in [1.29, 1.82) is 0 Å². The summed E-state index contributed by atoms with van der Waals surface area (Å²) in [6.07, 6.45) is 7.48. The Balaban J connectivity index is 1.61. The molecule has 0 radical (unpaired) electrons. The van der Waals surface area contributed by atoms with Crippen molar-refractivity contribution in [3.8, 4) is 0 Å². The van der Waals surface area contributed by atoms with Crippen molar-refractivity contribution in [2.24, 2.45) is 0 Å². The third-order valence-corrected chi connectivity index (χ3v) is 5.43. The minimum absolute atomic E-state index is 0.0881. The van der Waals surface area contributed by atoms with Crippen LogP contribution < -0.4 is 10.6 Å². The molecule has 132 valence electrons. The molecule has 1 aliphatic carbocycles. The molecule has 1 saturated carbocycles. The van der Waals surface area contributed by atoms with Crippen molar-refractivity contribution in [3.05, 3.63) is 35.6 Å². The summed E-state index contributed by atoms with van der Waals surface area (Å²) < 4.78 is 18.7. The lowest BCUT2D eigenvalue weighted by Crippen LogP contribution is -2.49. The Labute approximate surface area is 143 Å². The van der Waals surface area contributed by atoms with Gasteiger partial charge >= 0.3 is 6.03 Å². The topological polar surface area (TPSA) is 50.4 Å². The number of benzene rings is 1. The maximum atomic E-state index is 13.2. The number of ether oxygens (including phenoxy) is 1. The van der Waals surface area contributed by atoms with E-state index < -0.39 is 0 Å². The quantitative estimate of drug-likeness (QED) is 0.885. The van der Waals surface area contributed by atoms with Gasteiger partial charge in [0.2, 0.25) is 0 Å². The van der Waals surface area contributed by atoms with E-state index in [1.165, 1.54) is 31.4 Å². The largest absolute Gasteiger partial charge is 0.381 e. The first-order valence-corrected chi connectivity index (χ1v) is 9.06. The van der Waals surface area contributed by atoms with Gasteiger partial charge in [0.1, 0.15) is 5.82 Å². The summed E-state index contributed by atoms with van der Waals surface area (Å²) in [5.74, 6) is -0.232. The van der Waals surface area contributed by atoms with Crippen molar-refractivity contribution in [2.45, 2.75) is 56.4 Å². The summed E-state index contributed by atoms with van der Waals surface area (Å²) in [5.41, 5.74) is 0.903. The van der Waals surface area contributed by atoms with Crippen molar-refractivity contribution in [3.63, 3.8) is 0 Å². The summed E-state index contributed by atoms with van der Waals surface area (Å²) in [4.78, 5) is 12.3. The number of halogens is 1. The highest BCUT2D eigenvalue weighted by molar-refractivity contribution is 5.74. The third kappa shape index (κ3) is 4.26. The molecule has 2 fully saturated rings. The Morgan fingerprint density at radius 3 is 2.46 bits per heavy atom. The molecule has 0 atom stereocenters. The lowest BCUT2D eigenvalue weighted by atomic mass is 9.74. The minimum Gasteiger partial charge on any atom is -0.381 e. The fourth-order valence-corrected chi connectivity index (χ4v) is 3.87. The van der Waals surface area contributed by atoms with E-state index in [9.17, 15) is 9.18 Å². The Hall–Kier alpha value is -1.62. The van der Waals surface area contributed by atoms with Gasteiger partial charge in [0, 0.05) is 31.2 Å². The second kappa shape index (κ2) is 7.97. The predicted octanol–water partition coefficient (Wildman–Crippen LogP) is 3.51. The molecule has 4 nitrogen and oxygen atoms in total. The predicted molar refractivity (Wildman–Crippen MR) is 91.5 cm³/mol. The first kappa shape index (κ1) is 17.2. The van der Waals surface area contributed by atoms with Gasteiger partial charge in [-0.2, -0.15) is 0 Å². The molecule has 24 heavy (non-hydrogen) atoms. The van der Waals surface area contributed by atoms with Crippen LogP contribution in [-0.4, -0.2) is 31.8 Å². The molecular weight excluding hydrogens is 307 g/mol. The van der Waals surface area contributed by atoms with E-state index in [0.29, 0.717) is 25.8 Å². The highest BCUT2D eigenvalue weighted by Crippen LogP contribution is 2.34. The lowest BCUT2D eigenvalue weighted by molar-refractivity contribution is 0.0506. The normalized spacial score (nSPS) is 21.2. The third-order valence-electron chi connectivity index (χ3n) is 5.43. The number of carbonyl (C=O) groups excluding carboxylic acids is 1. The number of hydrogen-bond acceptors (Lipinski definition) is 2. The van der Waals surface area contributed by atoms with Crippen molar-refractivity contribution >= 4 is 6.03 Å². The van der Waals surface area contributed by atoms with Crippen LogP contribution in [0.3, 0.4) is 0 Å². The molecule has 0 unspecified atom stereocenters. The average molecular weight is 334 g/mol. The zero-order valence-electron chi connectivity index (χ0n) is 14.2. The van der Waals surface area contributed by atoms with E-state index in [1.807, 2.05) is 12.1 Å². The number of carbonyl (C=O) groups is 1. The molecule has 1 aromatic carbocycles. The number of hydrogen-bond donors (Lipinski definition) is 2. The van der Waals surface area contributed by atoms with Crippen LogP contribution in [0.5, 0.6) is 0 Å². The molecule has 1 heterocycles. The van der Waals surface area contributed by atoms with Gasteiger partial charge in [0.05, 0.1) is 0 Å². The molecule has 2 aliphatic rings. The molecule has 2 N–H and O–H groups in total. The van der Waals surface area contributed by atoms with Crippen LogP contribution >= 0.6 is 0 Å². The van der Waals surface area contributed by atoms with Gasteiger partial charge in [-0.05, 0) is 43.4 Å². The summed E-state index contributed by atoms with van der Waals surface area (Å²) in [6, 6.07) is 6.87. The van der Waals surface area contributed by atoms with Crippen LogP contribution in [0.1, 0.15) is 50.5 Å². The monoisotopic (exact) mass is 334 g/mol. The first-order valence-electron chi connectivity index (χ1n) is 9.06. The molecular formula is C19H27FN2O2. The van der Waals surface area contributed by atoms with Crippen LogP contribution in [0.4, 0.5) is 9.18 Å². The van der Waals surface area contributed by atoms with Gasteiger partial charge < -0.3 is 15.4 Å². The zero-order valence-corrected chi connectivity index (χ0v) is 14.2. The van der Waals surface area contributed by atoms with Gasteiger partial charge in [-0.25, -0.2) is 9.18 Å². The zero-order chi connectivity index (χ0) is 16.8. The smallest absolute Gasteiger partial charge is 0.315 e.